The Labute approximate surface area is 172 Å². The van der Waals surface area contributed by atoms with Crippen LogP contribution >= 0.6 is 0 Å². The lowest BCUT2D eigenvalue weighted by Crippen LogP contribution is -2.70. The normalized spacial score (nSPS) is 14.9. The Kier molecular flexibility index (Phi) is 10.5. The molecule has 0 spiro atoms. The summed E-state index contributed by atoms with van der Waals surface area (Å²) in [5.41, 5.74) is 0. The quantitative estimate of drug-likeness (QED) is 0.132. The lowest BCUT2D eigenvalue weighted by molar-refractivity contribution is -0.375. The van der Waals surface area contributed by atoms with E-state index in [0.29, 0.717) is 25.7 Å². The second-order valence-electron chi connectivity index (χ2n) is 7.45. The molecule has 0 aliphatic heterocycles. The monoisotopic (exact) mass is 485 g/mol. The molecule has 188 valence electrons. The van der Waals surface area contributed by atoms with Crippen LogP contribution in [0.1, 0.15) is 78.1 Å². The molecule has 0 aliphatic carbocycles. The second-order valence-corrected chi connectivity index (χ2v) is 7.45. The summed E-state index contributed by atoms with van der Waals surface area (Å²) in [4.78, 5) is 0. The highest BCUT2D eigenvalue weighted by Gasteiger charge is 2.78. The van der Waals surface area contributed by atoms with Crippen LogP contribution in [0.15, 0.2) is 0 Å². The Bertz CT molecular complexity index is 488. The average molecular weight is 485 g/mol. The minimum atomic E-state index is -6.62. The highest BCUT2D eigenvalue weighted by Crippen LogP contribution is 2.52. The maximum Gasteiger partial charge on any atom is 0.386 e. The summed E-state index contributed by atoms with van der Waals surface area (Å²) in [6.45, 7) is 3.26. The van der Waals surface area contributed by atoms with Crippen molar-refractivity contribution < 1.29 is 52.7 Å². The number of hydrogen-bond acceptors (Lipinski definition) is 1. The van der Waals surface area contributed by atoms with E-state index in [-0.39, 0.29) is 12.8 Å². The molecule has 1 nitrogen and oxygen atoms in total. The number of nitrogens with one attached hydrogen (secondary N) is 1. The molecule has 0 fully saturated rings. The fourth-order valence-electron chi connectivity index (χ4n) is 2.68. The topological polar surface area (TPSA) is 12.0 Å². The minimum Gasteiger partial charge on any atom is -0.200 e. The third-order valence-corrected chi connectivity index (χ3v) is 4.71. The number of hydrogen-bond donors (Lipinski definition) is 1. The summed E-state index contributed by atoms with van der Waals surface area (Å²) in [6.07, 6.45) is -3.58. The van der Waals surface area contributed by atoms with Crippen LogP contribution < -0.4 is 5.32 Å². The summed E-state index contributed by atoms with van der Waals surface area (Å²) >= 11 is 0. The van der Waals surface area contributed by atoms with Crippen molar-refractivity contribution in [1.82, 2.24) is 5.32 Å². The third kappa shape index (κ3) is 7.05. The molecule has 0 bridgehead atoms. The molecule has 0 aromatic rings. The van der Waals surface area contributed by atoms with E-state index in [9.17, 15) is 52.7 Å². The zero-order valence-corrected chi connectivity index (χ0v) is 17.1. The van der Waals surface area contributed by atoms with Crippen molar-refractivity contribution in [3.8, 4) is 0 Å². The van der Waals surface area contributed by atoms with Gasteiger partial charge in [0.1, 0.15) is 0 Å². The molecule has 0 radical (unpaired) electrons. The molecular formula is C18H27F12N. The van der Waals surface area contributed by atoms with Crippen LogP contribution in [0.4, 0.5) is 52.7 Å². The van der Waals surface area contributed by atoms with Gasteiger partial charge in [-0.3, -0.25) is 0 Å². The van der Waals surface area contributed by atoms with E-state index in [2.05, 4.69) is 0 Å². The van der Waals surface area contributed by atoms with Crippen LogP contribution in [0.2, 0.25) is 0 Å². The van der Waals surface area contributed by atoms with E-state index < -0.39 is 66.8 Å². The van der Waals surface area contributed by atoms with Gasteiger partial charge in [0.05, 0.1) is 0 Å². The highest BCUT2D eigenvalue weighted by molar-refractivity contribution is 5.01. The maximum atomic E-state index is 13.7. The van der Waals surface area contributed by atoms with Crippen LogP contribution in [0.3, 0.4) is 0 Å². The van der Waals surface area contributed by atoms with Gasteiger partial charge in [-0.15, -0.1) is 0 Å². The van der Waals surface area contributed by atoms with Crippen molar-refractivity contribution in [3.05, 3.63) is 0 Å². The van der Waals surface area contributed by atoms with Gasteiger partial charge < -0.3 is 0 Å². The summed E-state index contributed by atoms with van der Waals surface area (Å²) < 4.78 is 164. The minimum absolute atomic E-state index is 0.0559. The van der Waals surface area contributed by atoms with Crippen molar-refractivity contribution in [2.75, 3.05) is 0 Å². The van der Waals surface area contributed by atoms with Gasteiger partial charge in [-0.25, -0.2) is 0 Å². The smallest absolute Gasteiger partial charge is 0.200 e. The van der Waals surface area contributed by atoms with Crippen molar-refractivity contribution in [2.24, 2.45) is 0 Å². The first-order valence-corrected chi connectivity index (χ1v) is 9.89. The molecular weight excluding hydrogens is 458 g/mol. The predicted octanol–water partition coefficient (Wildman–Crippen LogP) is 8.24. The molecule has 13 heteroatoms. The number of alkyl halides is 12. The molecule has 0 saturated carbocycles. The van der Waals surface area contributed by atoms with Crippen LogP contribution in [-0.2, 0) is 0 Å². The van der Waals surface area contributed by atoms with Crippen molar-refractivity contribution in [2.45, 2.75) is 114 Å². The fraction of sp³-hybridized carbons (Fsp3) is 1.00. The van der Waals surface area contributed by atoms with E-state index in [4.69, 9.17) is 0 Å². The molecule has 0 amide bonds. The standard InChI is InChI=1S/C18H27F12N/c1-3-5-7-9-11-13(19,20)15(23,24)17(27,28)31-18(29,30)16(25,26)14(21,22)12-10-8-6-4-2/h31H,3-12H2,1-2H3. The molecule has 31 heavy (non-hydrogen) atoms. The van der Waals surface area contributed by atoms with Crippen molar-refractivity contribution in [1.29, 1.82) is 0 Å². The summed E-state index contributed by atoms with van der Waals surface area (Å²) in [5.74, 6) is -24.2. The number of halogens is 12. The molecule has 0 atom stereocenters. The van der Waals surface area contributed by atoms with E-state index in [1.54, 1.807) is 13.8 Å². The largest absolute Gasteiger partial charge is 0.386 e. The first kappa shape index (κ1) is 30.1. The van der Waals surface area contributed by atoms with Gasteiger partial charge in [-0.05, 0) is 12.8 Å². The molecule has 1 N–H and O–H groups in total. The Balaban J connectivity index is 5.53. The van der Waals surface area contributed by atoms with Crippen LogP contribution in [0, 0.1) is 0 Å². The van der Waals surface area contributed by atoms with Crippen LogP contribution in [0.5, 0.6) is 0 Å². The van der Waals surface area contributed by atoms with E-state index in [0.717, 1.165) is 0 Å². The van der Waals surface area contributed by atoms with E-state index >= 15 is 0 Å². The van der Waals surface area contributed by atoms with Crippen molar-refractivity contribution in [3.63, 3.8) is 0 Å². The molecule has 0 unspecified atom stereocenters. The van der Waals surface area contributed by atoms with Gasteiger partial charge in [0.2, 0.25) is 0 Å². The van der Waals surface area contributed by atoms with Gasteiger partial charge in [0, 0.05) is 12.8 Å². The summed E-state index contributed by atoms with van der Waals surface area (Å²) in [7, 11) is 0. The van der Waals surface area contributed by atoms with E-state index in [1.807, 2.05) is 0 Å². The Morgan fingerprint density at radius 2 is 0.742 bits per heavy atom. The first-order chi connectivity index (χ1) is 13.8. The lowest BCUT2D eigenvalue weighted by Gasteiger charge is -2.38. The molecule has 0 aliphatic rings. The Morgan fingerprint density at radius 3 is 1.00 bits per heavy atom. The average Bonchev–Trinajstić information content (AvgIpc) is 2.61. The summed E-state index contributed by atoms with van der Waals surface area (Å²) in [5, 5.41) is -0.898. The van der Waals surface area contributed by atoms with Gasteiger partial charge in [-0.2, -0.15) is 58.0 Å². The number of rotatable bonds is 16. The second kappa shape index (κ2) is 10.8. The van der Waals surface area contributed by atoms with Gasteiger partial charge >= 0.3 is 35.8 Å². The van der Waals surface area contributed by atoms with Gasteiger partial charge in [0.25, 0.3) is 0 Å². The third-order valence-electron chi connectivity index (χ3n) is 4.71. The predicted molar refractivity (Wildman–Crippen MR) is 90.3 cm³/mol. The van der Waals surface area contributed by atoms with Crippen LogP contribution in [-0.4, -0.2) is 35.8 Å². The molecule has 0 heterocycles. The van der Waals surface area contributed by atoms with Crippen molar-refractivity contribution >= 4 is 0 Å². The zero-order valence-electron chi connectivity index (χ0n) is 17.1. The van der Waals surface area contributed by atoms with Crippen LogP contribution in [0.25, 0.3) is 0 Å². The first-order valence-electron chi connectivity index (χ1n) is 9.89. The molecule has 0 aromatic carbocycles. The highest BCUT2D eigenvalue weighted by atomic mass is 19.4. The Morgan fingerprint density at radius 1 is 0.452 bits per heavy atom. The van der Waals surface area contributed by atoms with Gasteiger partial charge in [0.15, 0.2) is 0 Å². The molecule has 0 rings (SSSR count). The molecule has 0 aromatic heterocycles. The van der Waals surface area contributed by atoms with E-state index in [1.165, 1.54) is 0 Å². The lowest BCUT2D eigenvalue weighted by atomic mass is 9.99. The number of unbranched alkanes of at least 4 members (excludes halogenated alkanes) is 6. The van der Waals surface area contributed by atoms with Gasteiger partial charge in [-0.1, -0.05) is 52.4 Å². The molecule has 0 saturated heterocycles. The Hall–Kier alpha value is -0.880. The summed E-state index contributed by atoms with van der Waals surface area (Å²) in [6, 6.07) is -13.2. The SMILES string of the molecule is CCCCCCC(F)(F)C(F)(F)C(F)(F)NC(F)(F)C(F)(F)C(F)(F)CCCCCC. The fourth-order valence-corrected chi connectivity index (χ4v) is 2.68. The zero-order chi connectivity index (χ0) is 24.8. The maximum absolute atomic E-state index is 13.7.